The number of amides is 1. The Bertz CT molecular complexity index is 1170. The molecule has 0 spiro atoms. The molecule has 31 heavy (non-hydrogen) atoms. The van der Waals surface area contributed by atoms with E-state index in [4.69, 9.17) is 11.6 Å². The number of aromatic nitrogens is 1. The molecule has 0 bridgehead atoms. The predicted molar refractivity (Wildman–Crippen MR) is 119 cm³/mol. The fraction of sp³-hybridized carbons (Fsp3) is 0.0800. The van der Waals surface area contributed by atoms with Crippen molar-refractivity contribution in [2.75, 3.05) is 0 Å². The highest BCUT2D eigenvalue weighted by Gasteiger charge is 2.42. The van der Waals surface area contributed by atoms with E-state index in [0.29, 0.717) is 10.6 Å². The lowest BCUT2D eigenvalue weighted by Crippen LogP contribution is -2.30. The summed E-state index contributed by atoms with van der Waals surface area (Å²) in [5.41, 5.74) is 2.30. The van der Waals surface area contributed by atoms with Gasteiger partial charge in [0.15, 0.2) is 11.5 Å². The first-order chi connectivity index (χ1) is 15.0. The summed E-state index contributed by atoms with van der Waals surface area (Å²) >= 11 is 6.18. The Balaban J connectivity index is 1.73. The topological polar surface area (TPSA) is 70.5 Å². The van der Waals surface area contributed by atoms with Crippen LogP contribution in [0.1, 0.15) is 22.7 Å². The summed E-state index contributed by atoms with van der Waals surface area (Å²) in [6.45, 7) is 0.188. The fourth-order valence-corrected chi connectivity index (χ4v) is 3.80. The van der Waals surface area contributed by atoms with E-state index in [0.717, 1.165) is 11.1 Å². The zero-order chi connectivity index (χ0) is 21.8. The minimum absolute atomic E-state index is 0.0309. The number of carbonyl (C=O) groups is 2. The Morgan fingerprint density at radius 2 is 1.90 bits per heavy atom. The summed E-state index contributed by atoms with van der Waals surface area (Å²) in [7, 11) is 0. The molecule has 5 nitrogen and oxygen atoms in total. The van der Waals surface area contributed by atoms with Gasteiger partial charge in [0, 0.05) is 24.0 Å². The van der Waals surface area contributed by atoms with Gasteiger partial charge in [0.2, 0.25) is 0 Å². The van der Waals surface area contributed by atoms with Gasteiger partial charge >= 0.3 is 0 Å². The number of halogens is 1. The van der Waals surface area contributed by atoms with Gasteiger partial charge in [-0.25, -0.2) is 0 Å². The van der Waals surface area contributed by atoms with E-state index >= 15 is 0 Å². The van der Waals surface area contributed by atoms with Crippen molar-refractivity contribution in [3.8, 4) is 0 Å². The molecule has 4 rings (SSSR count). The number of rotatable bonds is 6. The van der Waals surface area contributed by atoms with E-state index in [1.54, 1.807) is 48.8 Å². The first kappa shape index (κ1) is 20.6. The third kappa shape index (κ3) is 4.42. The number of aliphatic hydroxyl groups excluding tert-OH is 1. The lowest BCUT2D eigenvalue weighted by atomic mass is 9.95. The summed E-state index contributed by atoms with van der Waals surface area (Å²) in [6.07, 6.45) is 6.32. The van der Waals surface area contributed by atoms with Gasteiger partial charge in [-0.1, -0.05) is 66.2 Å². The van der Waals surface area contributed by atoms with Crippen LogP contribution in [0.3, 0.4) is 0 Å². The molecular weight excluding hydrogens is 412 g/mol. The van der Waals surface area contributed by atoms with Crippen LogP contribution in [0, 0.1) is 0 Å². The smallest absolute Gasteiger partial charge is 0.290 e. The molecule has 0 fully saturated rings. The van der Waals surface area contributed by atoms with E-state index in [2.05, 4.69) is 4.98 Å². The number of ketones is 1. The molecule has 0 radical (unpaired) electrons. The van der Waals surface area contributed by atoms with Gasteiger partial charge in [0.1, 0.15) is 0 Å². The molecule has 1 atom stereocenters. The Labute approximate surface area is 184 Å². The number of benzene rings is 2. The van der Waals surface area contributed by atoms with Crippen LogP contribution in [-0.2, 0) is 16.1 Å². The van der Waals surface area contributed by atoms with E-state index in [1.807, 2.05) is 36.4 Å². The predicted octanol–water partition coefficient (Wildman–Crippen LogP) is 4.91. The molecule has 6 heteroatoms. The van der Waals surface area contributed by atoms with Crippen LogP contribution in [-0.4, -0.2) is 26.7 Å². The maximum absolute atomic E-state index is 13.1. The van der Waals surface area contributed by atoms with E-state index in [1.165, 1.54) is 11.0 Å². The molecule has 1 unspecified atom stereocenters. The zero-order valence-corrected chi connectivity index (χ0v) is 17.2. The highest BCUT2D eigenvalue weighted by atomic mass is 35.5. The molecule has 1 amide bonds. The second-order valence-electron chi connectivity index (χ2n) is 7.12. The first-order valence-corrected chi connectivity index (χ1v) is 10.1. The first-order valence-electron chi connectivity index (χ1n) is 9.70. The van der Waals surface area contributed by atoms with E-state index in [-0.39, 0.29) is 12.1 Å². The van der Waals surface area contributed by atoms with Crippen molar-refractivity contribution in [1.29, 1.82) is 0 Å². The normalized spacial score (nSPS) is 16.4. The monoisotopic (exact) mass is 430 g/mol. The summed E-state index contributed by atoms with van der Waals surface area (Å²) < 4.78 is 0. The van der Waals surface area contributed by atoms with Crippen LogP contribution in [0.25, 0.3) is 6.08 Å². The summed E-state index contributed by atoms with van der Waals surface area (Å²) in [5, 5.41) is 11.1. The highest BCUT2D eigenvalue weighted by Crippen LogP contribution is 2.39. The minimum Gasteiger partial charge on any atom is -0.503 e. The Hall–Kier alpha value is -3.70. The van der Waals surface area contributed by atoms with Gasteiger partial charge < -0.3 is 10.0 Å². The highest BCUT2D eigenvalue weighted by molar-refractivity contribution is 6.30. The molecule has 2 aromatic carbocycles. The average molecular weight is 431 g/mol. The van der Waals surface area contributed by atoms with E-state index in [9.17, 15) is 14.7 Å². The Morgan fingerprint density at radius 3 is 2.61 bits per heavy atom. The zero-order valence-electron chi connectivity index (χ0n) is 16.5. The molecule has 2 heterocycles. The number of pyridine rings is 1. The van der Waals surface area contributed by atoms with Gasteiger partial charge in [-0.3, -0.25) is 14.6 Å². The average Bonchev–Trinajstić information content (AvgIpc) is 3.04. The standard InChI is InChI=1S/C25H19ClN2O3/c26-20-10-4-9-19(14-20)23-22(21(29)12-11-17-6-2-1-3-7-17)24(30)25(31)28(23)16-18-8-5-13-27-15-18/h1-15,23,30H,16H2. The maximum Gasteiger partial charge on any atom is 0.290 e. The van der Waals surface area contributed by atoms with Crippen molar-refractivity contribution < 1.29 is 14.7 Å². The van der Waals surface area contributed by atoms with Crippen LogP contribution in [0.2, 0.25) is 5.02 Å². The second-order valence-corrected chi connectivity index (χ2v) is 7.56. The maximum atomic E-state index is 13.1. The van der Waals surface area contributed by atoms with Crippen molar-refractivity contribution in [2.45, 2.75) is 12.6 Å². The van der Waals surface area contributed by atoms with Crippen LogP contribution in [0.4, 0.5) is 0 Å². The summed E-state index contributed by atoms with van der Waals surface area (Å²) in [6, 6.07) is 19.1. The fourth-order valence-electron chi connectivity index (χ4n) is 3.61. The third-order valence-corrected chi connectivity index (χ3v) is 5.27. The Morgan fingerprint density at radius 1 is 1.10 bits per heavy atom. The summed E-state index contributed by atoms with van der Waals surface area (Å²) in [4.78, 5) is 31.6. The number of allylic oxidation sites excluding steroid dienone is 1. The molecule has 1 aromatic heterocycles. The number of aliphatic hydroxyl groups is 1. The van der Waals surface area contributed by atoms with Gasteiger partial charge in [-0.15, -0.1) is 0 Å². The molecule has 154 valence electrons. The number of nitrogens with zero attached hydrogens (tertiary/aromatic N) is 2. The quantitative estimate of drug-likeness (QED) is 0.564. The van der Waals surface area contributed by atoms with Gasteiger partial charge in [-0.05, 0) is 41.0 Å². The number of hydrogen-bond acceptors (Lipinski definition) is 4. The molecule has 1 N–H and O–H groups in total. The van der Waals surface area contributed by atoms with Crippen LogP contribution in [0.15, 0.2) is 96.5 Å². The van der Waals surface area contributed by atoms with Crippen molar-refractivity contribution in [3.05, 3.63) is 118 Å². The van der Waals surface area contributed by atoms with Crippen molar-refractivity contribution >= 4 is 29.4 Å². The molecule has 1 aliphatic heterocycles. The van der Waals surface area contributed by atoms with Gasteiger partial charge in [-0.2, -0.15) is 0 Å². The Kier molecular flexibility index (Phi) is 5.96. The molecule has 0 aliphatic carbocycles. The SMILES string of the molecule is O=C(C=Cc1ccccc1)C1=C(O)C(=O)N(Cc2cccnc2)C1c1cccc(Cl)c1. The molecule has 0 saturated carbocycles. The lowest BCUT2D eigenvalue weighted by Gasteiger charge is -2.26. The number of carbonyl (C=O) groups excluding carboxylic acids is 2. The number of hydrogen-bond donors (Lipinski definition) is 1. The van der Waals surface area contributed by atoms with Crippen LogP contribution < -0.4 is 0 Å². The van der Waals surface area contributed by atoms with Gasteiger partial charge in [0.05, 0.1) is 11.6 Å². The third-order valence-electron chi connectivity index (χ3n) is 5.04. The second kappa shape index (κ2) is 8.98. The minimum atomic E-state index is -0.765. The summed E-state index contributed by atoms with van der Waals surface area (Å²) in [5.74, 6) is -1.59. The lowest BCUT2D eigenvalue weighted by molar-refractivity contribution is -0.130. The van der Waals surface area contributed by atoms with Crippen molar-refractivity contribution in [3.63, 3.8) is 0 Å². The largest absolute Gasteiger partial charge is 0.503 e. The van der Waals surface area contributed by atoms with Gasteiger partial charge in [0.25, 0.3) is 5.91 Å². The van der Waals surface area contributed by atoms with Crippen molar-refractivity contribution in [2.24, 2.45) is 0 Å². The van der Waals surface area contributed by atoms with Crippen LogP contribution >= 0.6 is 11.6 Å². The molecule has 1 aliphatic rings. The molecular formula is C25H19ClN2O3. The van der Waals surface area contributed by atoms with Crippen LogP contribution in [0.5, 0.6) is 0 Å². The van der Waals surface area contributed by atoms with E-state index < -0.39 is 23.5 Å². The molecule has 0 saturated heterocycles. The van der Waals surface area contributed by atoms with Crippen molar-refractivity contribution in [1.82, 2.24) is 9.88 Å². The molecule has 3 aromatic rings.